The number of aromatic nitrogens is 1. The summed E-state index contributed by atoms with van der Waals surface area (Å²) in [5.74, 6) is -0.369. The molecule has 224 valence electrons. The van der Waals surface area contributed by atoms with Crippen molar-refractivity contribution in [2.24, 2.45) is 11.7 Å². The molecule has 1 aliphatic heterocycles. The fourth-order valence-corrected chi connectivity index (χ4v) is 6.87. The van der Waals surface area contributed by atoms with Gasteiger partial charge in [-0.3, -0.25) is 19.3 Å². The number of ether oxygens (including phenoxy) is 1. The Bertz CT molecular complexity index is 1220. The van der Waals surface area contributed by atoms with Gasteiger partial charge in [0.1, 0.15) is 6.04 Å². The lowest BCUT2D eigenvalue weighted by atomic mass is 9.84. The van der Waals surface area contributed by atoms with Crippen molar-refractivity contribution in [3.8, 4) is 0 Å². The summed E-state index contributed by atoms with van der Waals surface area (Å²) in [6.07, 6.45) is 9.68. The molecule has 3 amide bonds. The van der Waals surface area contributed by atoms with E-state index in [2.05, 4.69) is 20.5 Å². The van der Waals surface area contributed by atoms with Gasteiger partial charge in [0.25, 0.3) is 0 Å². The van der Waals surface area contributed by atoms with Crippen LogP contribution in [0.2, 0.25) is 5.02 Å². The standard InChI is InChI=1S/C30H42ClN5O4S/c1-2-27(37)34-25(18-28-35-24-11-9-22(31)17-26(24)41-28)30(39)33-23(16-20-6-4-3-5-7-20)10-8-21(29(32)38)19-36-12-14-40-15-13-36/h8-9,11,17,20,23,25H,2-7,10,12-16,18-19H2,1H3,(H2,32,38)(H,33,39)(H,34,37)/t23-,25+/m1/s1. The fourth-order valence-electron chi connectivity index (χ4n) is 5.58. The number of carbonyl (C=O) groups is 3. The lowest BCUT2D eigenvalue weighted by Gasteiger charge is -2.29. The van der Waals surface area contributed by atoms with Crippen LogP contribution in [0, 0.1) is 5.92 Å². The Morgan fingerprint density at radius 2 is 1.95 bits per heavy atom. The zero-order valence-electron chi connectivity index (χ0n) is 23.8. The minimum atomic E-state index is -0.764. The van der Waals surface area contributed by atoms with Crippen molar-refractivity contribution in [2.75, 3.05) is 32.8 Å². The molecule has 2 atom stereocenters. The molecule has 1 aromatic heterocycles. The van der Waals surface area contributed by atoms with Crippen molar-refractivity contribution in [2.45, 2.75) is 76.8 Å². The van der Waals surface area contributed by atoms with Crippen LogP contribution < -0.4 is 16.4 Å². The number of amides is 3. The number of carbonyl (C=O) groups excluding carboxylic acids is 3. The number of nitrogens with zero attached hydrogens (tertiary/aromatic N) is 2. The Morgan fingerprint density at radius 1 is 1.20 bits per heavy atom. The molecular weight excluding hydrogens is 562 g/mol. The Hall–Kier alpha value is -2.53. The van der Waals surface area contributed by atoms with Gasteiger partial charge in [0, 0.05) is 49.1 Å². The van der Waals surface area contributed by atoms with E-state index in [1.54, 1.807) is 13.0 Å². The highest BCUT2D eigenvalue weighted by Crippen LogP contribution is 2.29. The fraction of sp³-hybridized carbons (Fsp3) is 0.600. The van der Waals surface area contributed by atoms with Crippen molar-refractivity contribution in [1.82, 2.24) is 20.5 Å². The third-order valence-electron chi connectivity index (χ3n) is 7.90. The lowest BCUT2D eigenvalue weighted by molar-refractivity contribution is -0.129. The van der Waals surface area contributed by atoms with Gasteiger partial charge in [-0.1, -0.05) is 56.7 Å². The molecule has 9 nitrogen and oxygen atoms in total. The van der Waals surface area contributed by atoms with Gasteiger partial charge in [-0.15, -0.1) is 11.3 Å². The van der Waals surface area contributed by atoms with Crippen LogP contribution in [0.15, 0.2) is 29.8 Å². The van der Waals surface area contributed by atoms with E-state index < -0.39 is 11.9 Å². The average Bonchev–Trinajstić information content (AvgIpc) is 3.37. The van der Waals surface area contributed by atoms with Crippen molar-refractivity contribution in [1.29, 1.82) is 0 Å². The lowest BCUT2D eigenvalue weighted by Crippen LogP contribution is -2.51. The first-order chi connectivity index (χ1) is 19.8. The molecule has 2 aliphatic rings. The summed E-state index contributed by atoms with van der Waals surface area (Å²) in [4.78, 5) is 45.3. The summed E-state index contributed by atoms with van der Waals surface area (Å²) in [6.45, 7) is 5.02. The van der Waals surface area contributed by atoms with Gasteiger partial charge in [-0.2, -0.15) is 0 Å². The number of primary amides is 1. The number of thiazole rings is 1. The van der Waals surface area contributed by atoms with E-state index in [0.29, 0.717) is 42.7 Å². The third kappa shape index (κ3) is 9.77. The number of nitrogens with one attached hydrogen (secondary N) is 2. The Morgan fingerprint density at radius 3 is 2.66 bits per heavy atom. The first-order valence-corrected chi connectivity index (χ1v) is 15.9. The number of benzene rings is 1. The van der Waals surface area contributed by atoms with Crippen molar-refractivity contribution < 1.29 is 19.1 Å². The van der Waals surface area contributed by atoms with E-state index >= 15 is 0 Å². The minimum absolute atomic E-state index is 0.181. The summed E-state index contributed by atoms with van der Waals surface area (Å²) in [7, 11) is 0. The molecule has 41 heavy (non-hydrogen) atoms. The number of fused-ring (bicyclic) bond motifs is 1. The van der Waals surface area contributed by atoms with Gasteiger partial charge in [-0.05, 0) is 37.0 Å². The topological polar surface area (TPSA) is 127 Å². The Balaban J connectivity index is 1.50. The second-order valence-corrected chi connectivity index (χ2v) is 12.6. The number of morpholine rings is 1. The highest BCUT2D eigenvalue weighted by atomic mass is 35.5. The van der Waals surface area contributed by atoms with Crippen LogP contribution in [-0.4, -0.2) is 72.5 Å². The number of hydrogen-bond donors (Lipinski definition) is 3. The van der Waals surface area contributed by atoms with Crippen LogP contribution in [0.5, 0.6) is 0 Å². The summed E-state index contributed by atoms with van der Waals surface area (Å²) in [5.41, 5.74) is 7.13. The smallest absolute Gasteiger partial charge is 0.245 e. The molecule has 0 bridgehead atoms. The molecule has 1 saturated carbocycles. The van der Waals surface area contributed by atoms with E-state index in [4.69, 9.17) is 22.1 Å². The maximum Gasteiger partial charge on any atom is 0.245 e. The highest BCUT2D eigenvalue weighted by molar-refractivity contribution is 7.18. The van der Waals surface area contributed by atoms with Crippen LogP contribution in [0.25, 0.3) is 10.2 Å². The van der Waals surface area contributed by atoms with Crippen LogP contribution in [-0.2, 0) is 25.5 Å². The summed E-state index contributed by atoms with van der Waals surface area (Å²) in [5, 5.41) is 7.51. The molecule has 0 spiro atoms. The third-order valence-corrected chi connectivity index (χ3v) is 9.17. The number of nitrogens with two attached hydrogens (primary N) is 1. The molecule has 1 saturated heterocycles. The van der Waals surface area contributed by atoms with E-state index in [0.717, 1.165) is 47.6 Å². The zero-order valence-corrected chi connectivity index (χ0v) is 25.4. The molecule has 4 rings (SSSR count). The van der Waals surface area contributed by atoms with E-state index in [1.165, 1.54) is 30.6 Å². The van der Waals surface area contributed by atoms with Crippen molar-refractivity contribution in [3.63, 3.8) is 0 Å². The first-order valence-electron chi connectivity index (χ1n) is 14.7. The predicted octanol–water partition coefficient (Wildman–Crippen LogP) is 3.98. The minimum Gasteiger partial charge on any atom is -0.379 e. The van der Waals surface area contributed by atoms with Crippen LogP contribution in [0.1, 0.15) is 63.3 Å². The summed E-state index contributed by atoms with van der Waals surface area (Å²) >= 11 is 7.62. The quantitative estimate of drug-likeness (QED) is 0.297. The molecule has 0 radical (unpaired) electrons. The second-order valence-electron chi connectivity index (χ2n) is 11.1. The summed E-state index contributed by atoms with van der Waals surface area (Å²) in [6, 6.07) is 4.56. The molecule has 2 aromatic rings. The predicted molar refractivity (Wildman–Crippen MR) is 163 cm³/mol. The van der Waals surface area contributed by atoms with Gasteiger partial charge < -0.3 is 21.1 Å². The number of hydrogen-bond acceptors (Lipinski definition) is 7. The van der Waals surface area contributed by atoms with Crippen LogP contribution in [0.3, 0.4) is 0 Å². The molecule has 1 aromatic carbocycles. The van der Waals surface area contributed by atoms with E-state index in [1.807, 2.05) is 18.2 Å². The van der Waals surface area contributed by atoms with Crippen molar-refractivity contribution >= 4 is 50.9 Å². The first kappa shape index (κ1) is 31.4. The Kier molecular flexibility index (Phi) is 12.0. The maximum atomic E-state index is 13.7. The molecule has 2 heterocycles. The average molecular weight is 604 g/mol. The Labute approximate surface area is 251 Å². The monoisotopic (exact) mass is 603 g/mol. The highest BCUT2D eigenvalue weighted by Gasteiger charge is 2.27. The molecule has 4 N–H and O–H groups in total. The van der Waals surface area contributed by atoms with Gasteiger partial charge in [-0.25, -0.2) is 4.98 Å². The molecule has 2 fully saturated rings. The van der Waals surface area contributed by atoms with E-state index in [-0.39, 0.29) is 30.7 Å². The number of halogens is 1. The molecule has 1 aliphatic carbocycles. The van der Waals surface area contributed by atoms with Crippen molar-refractivity contribution in [3.05, 3.63) is 39.9 Å². The zero-order chi connectivity index (χ0) is 29.2. The van der Waals surface area contributed by atoms with Crippen LogP contribution >= 0.6 is 22.9 Å². The summed E-state index contributed by atoms with van der Waals surface area (Å²) < 4.78 is 6.36. The molecular formula is C30H42ClN5O4S. The van der Waals surface area contributed by atoms with Crippen LogP contribution in [0.4, 0.5) is 0 Å². The maximum absolute atomic E-state index is 13.7. The largest absolute Gasteiger partial charge is 0.379 e. The number of rotatable bonds is 13. The van der Waals surface area contributed by atoms with E-state index in [9.17, 15) is 14.4 Å². The normalized spacial score (nSPS) is 18.6. The second kappa shape index (κ2) is 15.6. The van der Waals surface area contributed by atoms with Gasteiger partial charge in [0.05, 0.1) is 28.4 Å². The van der Waals surface area contributed by atoms with Gasteiger partial charge >= 0.3 is 0 Å². The van der Waals surface area contributed by atoms with Gasteiger partial charge in [0.15, 0.2) is 0 Å². The van der Waals surface area contributed by atoms with Gasteiger partial charge in [0.2, 0.25) is 17.7 Å². The SMILES string of the molecule is CCC(=O)N[C@@H](Cc1nc2ccc(Cl)cc2s1)C(=O)N[C@H](CC=C(CN1CCOCC1)C(N)=O)CC1CCCCC1. The molecule has 0 unspecified atom stereocenters. The molecule has 11 heteroatoms.